The molecular formula is C19H17F7N4O3S. The number of hydrogen-bond donors (Lipinski definition) is 2. The fourth-order valence-electron chi connectivity index (χ4n) is 3.38. The summed E-state index contributed by atoms with van der Waals surface area (Å²) in [6.07, 6.45) is -7.84. The SMILES string of the molecule is CC1CC(F)(F)CN1C(=O)c1nc(C(=O)O)sc1-c1cnc(NC(C)C(F)(F)F)cc1C(F)F. The Balaban J connectivity index is 2.08. The molecule has 2 aromatic heterocycles. The van der Waals surface area contributed by atoms with Crippen molar-refractivity contribution in [3.8, 4) is 10.4 Å². The first-order valence-electron chi connectivity index (χ1n) is 9.65. The molecule has 0 radical (unpaired) electrons. The van der Waals surface area contributed by atoms with Gasteiger partial charge in [-0.15, -0.1) is 11.3 Å². The summed E-state index contributed by atoms with van der Waals surface area (Å²) in [4.78, 5) is 32.1. The molecular weight excluding hydrogens is 497 g/mol. The molecule has 2 aromatic rings. The molecule has 0 bridgehead atoms. The first-order chi connectivity index (χ1) is 15.6. The number of likely N-dealkylation sites (tertiary alicyclic amines) is 1. The Hall–Kier alpha value is -2.97. The number of amides is 1. The number of alkyl halides is 7. The van der Waals surface area contributed by atoms with Gasteiger partial charge in [-0.05, 0) is 19.9 Å². The molecule has 186 valence electrons. The first kappa shape index (κ1) is 25.6. The minimum Gasteiger partial charge on any atom is -0.476 e. The largest absolute Gasteiger partial charge is 0.476 e. The summed E-state index contributed by atoms with van der Waals surface area (Å²) < 4.78 is 93.6. The Labute approximate surface area is 191 Å². The molecule has 1 aliphatic heterocycles. The average Bonchev–Trinajstić information content (AvgIpc) is 3.27. The number of halogens is 7. The van der Waals surface area contributed by atoms with Gasteiger partial charge in [0.05, 0.1) is 11.4 Å². The van der Waals surface area contributed by atoms with Crippen molar-refractivity contribution >= 4 is 29.0 Å². The Kier molecular flexibility index (Phi) is 6.79. The molecule has 0 saturated carbocycles. The zero-order chi connectivity index (χ0) is 25.6. The van der Waals surface area contributed by atoms with E-state index in [1.165, 1.54) is 6.92 Å². The van der Waals surface area contributed by atoms with Crippen LogP contribution in [0, 0.1) is 0 Å². The smallest absolute Gasteiger partial charge is 0.408 e. The predicted molar refractivity (Wildman–Crippen MR) is 106 cm³/mol. The summed E-state index contributed by atoms with van der Waals surface area (Å²) >= 11 is 0.345. The Morgan fingerprint density at radius 3 is 2.47 bits per heavy atom. The van der Waals surface area contributed by atoms with Crippen LogP contribution in [0.4, 0.5) is 36.6 Å². The van der Waals surface area contributed by atoms with E-state index in [4.69, 9.17) is 0 Å². The minimum absolute atomic E-state index is 0.345. The molecule has 2 N–H and O–H groups in total. The lowest BCUT2D eigenvalue weighted by Gasteiger charge is -2.21. The normalized spacial score (nSPS) is 18.9. The third kappa shape index (κ3) is 5.23. The van der Waals surface area contributed by atoms with E-state index in [2.05, 4.69) is 9.97 Å². The molecule has 15 heteroatoms. The van der Waals surface area contributed by atoms with Crippen molar-refractivity contribution in [3.63, 3.8) is 0 Å². The van der Waals surface area contributed by atoms with Crippen molar-refractivity contribution in [2.75, 3.05) is 11.9 Å². The molecule has 2 atom stereocenters. The minimum atomic E-state index is -4.69. The van der Waals surface area contributed by atoms with Gasteiger partial charge in [-0.2, -0.15) is 13.2 Å². The lowest BCUT2D eigenvalue weighted by molar-refractivity contribution is -0.138. The van der Waals surface area contributed by atoms with E-state index < -0.39 is 83.1 Å². The van der Waals surface area contributed by atoms with Crippen LogP contribution in [0.1, 0.15) is 52.5 Å². The average molecular weight is 514 g/mol. The van der Waals surface area contributed by atoms with Gasteiger partial charge in [0, 0.05) is 29.8 Å². The molecule has 3 rings (SSSR count). The fraction of sp³-hybridized carbons (Fsp3) is 0.474. The maximum Gasteiger partial charge on any atom is 0.408 e. The van der Waals surface area contributed by atoms with Crippen molar-refractivity contribution in [1.29, 1.82) is 0 Å². The number of carboxylic acid groups (broad SMARTS) is 1. The van der Waals surface area contributed by atoms with E-state index in [9.17, 15) is 45.4 Å². The monoisotopic (exact) mass is 514 g/mol. The maximum atomic E-state index is 13.8. The van der Waals surface area contributed by atoms with Crippen molar-refractivity contribution < 1.29 is 45.4 Å². The van der Waals surface area contributed by atoms with Gasteiger partial charge in [0.2, 0.25) is 5.01 Å². The van der Waals surface area contributed by atoms with E-state index in [0.717, 1.165) is 18.0 Å². The van der Waals surface area contributed by atoms with Crippen LogP contribution in [0.5, 0.6) is 0 Å². The molecule has 0 spiro atoms. The number of rotatable bonds is 6. The first-order valence-corrected chi connectivity index (χ1v) is 10.5. The van der Waals surface area contributed by atoms with Crippen LogP contribution in [-0.2, 0) is 0 Å². The van der Waals surface area contributed by atoms with E-state index in [1.54, 1.807) is 0 Å². The topological polar surface area (TPSA) is 95.4 Å². The number of aromatic nitrogens is 2. The van der Waals surface area contributed by atoms with Crippen LogP contribution in [0.2, 0.25) is 0 Å². The van der Waals surface area contributed by atoms with Gasteiger partial charge in [-0.3, -0.25) is 4.79 Å². The van der Waals surface area contributed by atoms with Crippen molar-refractivity contribution in [1.82, 2.24) is 14.9 Å². The van der Waals surface area contributed by atoms with Gasteiger partial charge in [0.1, 0.15) is 17.6 Å². The molecule has 1 saturated heterocycles. The van der Waals surface area contributed by atoms with Crippen LogP contribution in [0.25, 0.3) is 10.4 Å². The van der Waals surface area contributed by atoms with Crippen molar-refractivity contribution in [2.45, 2.75) is 50.9 Å². The highest BCUT2D eigenvalue weighted by molar-refractivity contribution is 7.17. The number of aromatic carboxylic acids is 1. The van der Waals surface area contributed by atoms with Gasteiger partial charge in [0.25, 0.3) is 18.3 Å². The highest BCUT2D eigenvalue weighted by atomic mass is 32.1. The summed E-state index contributed by atoms with van der Waals surface area (Å²) in [6, 6.07) is -2.41. The fourth-order valence-corrected chi connectivity index (χ4v) is 4.31. The highest BCUT2D eigenvalue weighted by Gasteiger charge is 2.46. The molecule has 34 heavy (non-hydrogen) atoms. The van der Waals surface area contributed by atoms with Gasteiger partial charge >= 0.3 is 12.1 Å². The van der Waals surface area contributed by atoms with Gasteiger partial charge < -0.3 is 15.3 Å². The lowest BCUT2D eigenvalue weighted by atomic mass is 10.1. The molecule has 1 aliphatic rings. The number of hydrogen-bond acceptors (Lipinski definition) is 6. The van der Waals surface area contributed by atoms with Crippen LogP contribution in [0.3, 0.4) is 0 Å². The van der Waals surface area contributed by atoms with Gasteiger partial charge in [0.15, 0.2) is 0 Å². The second kappa shape index (κ2) is 9.00. The third-order valence-electron chi connectivity index (χ3n) is 5.07. The van der Waals surface area contributed by atoms with E-state index in [0.29, 0.717) is 17.4 Å². The summed E-state index contributed by atoms with van der Waals surface area (Å²) in [6.45, 7) is 1.13. The number of carbonyl (C=O) groups is 2. The molecule has 0 aromatic carbocycles. The Morgan fingerprint density at radius 2 is 1.97 bits per heavy atom. The lowest BCUT2D eigenvalue weighted by Crippen LogP contribution is -2.35. The van der Waals surface area contributed by atoms with E-state index in [1.807, 2.05) is 5.32 Å². The Morgan fingerprint density at radius 1 is 1.32 bits per heavy atom. The van der Waals surface area contributed by atoms with E-state index in [-0.39, 0.29) is 4.88 Å². The van der Waals surface area contributed by atoms with Gasteiger partial charge in [-0.25, -0.2) is 32.3 Å². The number of carbonyl (C=O) groups excluding carboxylic acids is 1. The second-order valence-corrected chi connectivity index (χ2v) is 8.71. The van der Waals surface area contributed by atoms with Crippen LogP contribution >= 0.6 is 11.3 Å². The summed E-state index contributed by atoms with van der Waals surface area (Å²) in [5.41, 5.74) is -1.94. The summed E-state index contributed by atoms with van der Waals surface area (Å²) in [5.74, 6) is -6.41. The van der Waals surface area contributed by atoms with Crippen molar-refractivity contribution in [2.24, 2.45) is 0 Å². The second-order valence-electron chi connectivity index (χ2n) is 7.71. The number of carboxylic acids is 1. The molecule has 1 amide bonds. The van der Waals surface area contributed by atoms with Crippen molar-refractivity contribution in [3.05, 3.63) is 28.5 Å². The molecule has 3 heterocycles. The number of nitrogens with zero attached hydrogens (tertiary/aromatic N) is 3. The molecule has 2 unspecified atom stereocenters. The van der Waals surface area contributed by atoms with Crippen LogP contribution < -0.4 is 5.32 Å². The maximum absolute atomic E-state index is 13.8. The molecule has 1 fully saturated rings. The summed E-state index contributed by atoms with van der Waals surface area (Å²) in [5, 5.41) is 10.6. The van der Waals surface area contributed by atoms with Crippen LogP contribution in [-0.4, -0.2) is 62.6 Å². The van der Waals surface area contributed by atoms with E-state index >= 15 is 0 Å². The van der Waals surface area contributed by atoms with Gasteiger partial charge in [-0.1, -0.05) is 0 Å². The number of pyridine rings is 1. The van der Waals surface area contributed by atoms with Crippen LogP contribution in [0.15, 0.2) is 12.3 Å². The number of thiazole rings is 1. The highest BCUT2D eigenvalue weighted by Crippen LogP contribution is 2.40. The summed E-state index contributed by atoms with van der Waals surface area (Å²) in [7, 11) is 0. The zero-order valence-electron chi connectivity index (χ0n) is 17.5. The Bertz CT molecular complexity index is 1110. The standard InChI is InChI=1S/C19H17F7N4O3S/c1-7-4-18(22,23)6-30(7)16(31)12-13(34-15(29-12)17(32)33)10-5-27-11(3-9(10)14(20)21)28-8(2)19(24,25)26/h3,5,7-8,14H,4,6H2,1-2H3,(H,27,28)(H,32,33). The quantitative estimate of drug-likeness (QED) is 0.523. The number of nitrogens with one attached hydrogen (secondary N) is 1. The predicted octanol–water partition coefficient (Wildman–Crippen LogP) is 5.07. The number of anilines is 1. The zero-order valence-corrected chi connectivity index (χ0v) is 18.3. The molecule has 7 nitrogen and oxygen atoms in total. The molecule has 0 aliphatic carbocycles. The third-order valence-corrected chi connectivity index (χ3v) is 6.15.